The van der Waals surface area contributed by atoms with Crippen LogP contribution >= 0.6 is 15.6 Å². The third-order valence-corrected chi connectivity index (χ3v) is 18.4. The first-order valence-corrected chi connectivity index (χ1v) is 43.1. The highest BCUT2D eigenvalue weighted by Crippen LogP contribution is 2.45. The van der Waals surface area contributed by atoms with E-state index in [2.05, 4.69) is 167 Å². The second-order valence-corrected chi connectivity index (χ2v) is 29.4. The van der Waals surface area contributed by atoms with Gasteiger partial charge in [0, 0.05) is 19.3 Å². The standard InChI is InChI=1S/C85H144O16P2/c1-4-7-10-13-16-19-22-25-27-29-31-33-35-36-37-38-39-40-41-42-44-46-47-49-51-54-56-59-62-65-68-71-83(88)95-74-80(86)75-97-102(91,92)98-76-81(87)77-99-103(93,94)100-79-82(101-85(90)73-70-67-64-61-58-53-24-21-18-15-12-9-6-3)78-96-84(89)72-69-66-63-60-57-55-52-50-48-45-43-34-32-30-28-26-23-20-17-14-11-8-5-2/h7,10,12,15-17,19-21,24-28,31-34,36-37,39-40,45,48,80-82,86-87H,4-6,8-9,11,13-14,18,22-23,29-30,35,38,41-44,46-47,49-79H2,1-3H3,(H,91,92)(H,93,94)/b10-7-,15-12-,19-16-,20-17-,24-21-,27-25-,28-26-,33-31-,34-32-,37-36-,40-39-,48-45-. The highest BCUT2D eigenvalue weighted by atomic mass is 31.2. The molecule has 0 saturated carbocycles. The van der Waals surface area contributed by atoms with Gasteiger partial charge in [0.2, 0.25) is 0 Å². The first-order chi connectivity index (χ1) is 50.2. The number of hydrogen-bond donors (Lipinski definition) is 4. The van der Waals surface area contributed by atoms with E-state index in [-0.39, 0.29) is 19.3 Å². The average Bonchev–Trinajstić information content (AvgIpc) is 0.914. The number of esters is 3. The van der Waals surface area contributed by atoms with Crippen molar-refractivity contribution in [2.75, 3.05) is 39.6 Å². The minimum absolute atomic E-state index is 0.0829. The second-order valence-electron chi connectivity index (χ2n) is 26.5. The lowest BCUT2D eigenvalue weighted by Crippen LogP contribution is -2.30. The summed E-state index contributed by atoms with van der Waals surface area (Å²) in [6.07, 6.45) is 94.7. The molecule has 18 heteroatoms. The van der Waals surface area contributed by atoms with E-state index >= 15 is 0 Å². The molecular weight excluding hydrogens is 1340 g/mol. The summed E-state index contributed by atoms with van der Waals surface area (Å²) < 4.78 is 61.1. The van der Waals surface area contributed by atoms with E-state index < -0.39 is 91.5 Å². The smallest absolute Gasteiger partial charge is 0.463 e. The third kappa shape index (κ3) is 78.3. The molecule has 5 atom stereocenters. The zero-order chi connectivity index (χ0) is 75.2. The fraction of sp³-hybridized carbons (Fsp3) is 0.682. The Hall–Kier alpha value is -4.57. The van der Waals surface area contributed by atoms with Crippen molar-refractivity contribution in [1.82, 2.24) is 0 Å². The second kappa shape index (κ2) is 77.1. The maximum absolute atomic E-state index is 12.9. The van der Waals surface area contributed by atoms with Gasteiger partial charge in [-0.2, -0.15) is 0 Å². The van der Waals surface area contributed by atoms with E-state index in [4.69, 9.17) is 32.3 Å². The van der Waals surface area contributed by atoms with Crippen molar-refractivity contribution in [3.05, 3.63) is 146 Å². The number of phosphoric ester groups is 2. The van der Waals surface area contributed by atoms with E-state index in [1.165, 1.54) is 77.0 Å². The van der Waals surface area contributed by atoms with Crippen LogP contribution in [0.5, 0.6) is 0 Å². The van der Waals surface area contributed by atoms with Crippen molar-refractivity contribution >= 4 is 33.6 Å². The molecule has 0 heterocycles. The van der Waals surface area contributed by atoms with Crippen LogP contribution in [0, 0.1) is 0 Å². The number of carbonyl (C=O) groups excluding carboxylic acids is 3. The Kier molecular flexibility index (Phi) is 73.6. The number of phosphoric acid groups is 2. The summed E-state index contributed by atoms with van der Waals surface area (Å²) in [6, 6.07) is 0. The number of carbonyl (C=O) groups is 3. The summed E-state index contributed by atoms with van der Waals surface area (Å²) in [4.78, 5) is 58.6. The molecular formula is C85H144O16P2. The van der Waals surface area contributed by atoms with Gasteiger partial charge in [0.25, 0.3) is 0 Å². The fourth-order valence-corrected chi connectivity index (χ4v) is 12.0. The number of rotatable bonds is 75. The molecule has 0 fully saturated rings. The summed E-state index contributed by atoms with van der Waals surface area (Å²) in [6.45, 7) is 2.44. The van der Waals surface area contributed by atoms with Gasteiger partial charge in [-0.1, -0.05) is 301 Å². The number of aliphatic hydroxyl groups is 2. The molecule has 0 aromatic heterocycles. The SMILES string of the molecule is CC/C=C\C/C=C\C/C=C\C/C=C\C/C=C\C/C=C\CCCCCCCCCCCCCCC(=O)OCC(O)COP(=O)(O)OCC(O)COP(=O)(O)OCC(COC(=O)CCCCCCCCC/C=C\C/C=C\C/C=C\C/C=C\CCCCC)OC(=O)CCCCCCC/C=C\C/C=C\CCC. The molecule has 103 heavy (non-hydrogen) atoms. The maximum Gasteiger partial charge on any atom is 0.472 e. The van der Waals surface area contributed by atoms with Gasteiger partial charge in [-0.3, -0.25) is 32.5 Å². The van der Waals surface area contributed by atoms with E-state index in [1.54, 1.807) is 0 Å². The van der Waals surface area contributed by atoms with Gasteiger partial charge in [-0.15, -0.1) is 0 Å². The minimum atomic E-state index is -4.94. The topological polar surface area (TPSA) is 231 Å². The van der Waals surface area contributed by atoms with Crippen molar-refractivity contribution < 1.29 is 75.8 Å². The first-order valence-electron chi connectivity index (χ1n) is 40.1. The lowest BCUT2D eigenvalue weighted by Gasteiger charge is -2.21. The minimum Gasteiger partial charge on any atom is -0.463 e. The predicted molar refractivity (Wildman–Crippen MR) is 426 cm³/mol. The van der Waals surface area contributed by atoms with Crippen LogP contribution in [-0.4, -0.2) is 95.9 Å². The van der Waals surface area contributed by atoms with Gasteiger partial charge < -0.3 is 34.2 Å². The van der Waals surface area contributed by atoms with Gasteiger partial charge in [-0.25, -0.2) is 9.13 Å². The van der Waals surface area contributed by atoms with Gasteiger partial charge in [0.15, 0.2) is 6.10 Å². The van der Waals surface area contributed by atoms with Crippen LogP contribution in [0.1, 0.15) is 316 Å². The molecule has 0 aliphatic rings. The maximum atomic E-state index is 12.9. The van der Waals surface area contributed by atoms with Gasteiger partial charge in [-0.05, 0) is 141 Å². The summed E-state index contributed by atoms with van der Waals surface area (Å²) in [7, 11) is -9.80. The molecule has 0 aromatic rings. The summed E-state index contributed by atoms with van der Waals surface area (Å²) in [5.74, 6) is -1.61. The Morgan fingerprint density at radius 3 is 0.854 bits per heavy atom. The zero-order valence-corrected chi connectivity index (χ0v) is 66.2. The molecule has 0 rings (SSSR count). The molecule has 0 spiro atoms. The van der Waals surface area contributed by atoms with E-state index in [0.29, 0.717) is 19.3 Å². The Morgan fingerprint density at radius 2 is 0.534 bits per heavy atom. The number of ether oxygens (including phenoxy) is 3. The number of aliphatic hydroxyl groups excluding tert-OH is 2. The third-order valence-electron chi connectivity index (χ3n) is 16.5. The van der Waals surface area contributed by atoms with Gasteiger partial charge in [0.1, 0.15) is 25.4 Å². The predicted octanol–water partition coefficient (Wildman–Crippen LogP) is 23.7. The molecule has 590 valence electrons. The van der Waals surface area contributed by atoms with Crippen LogP contribution < -0.4 is 0 Å². The van der Waals surface area contributed by atoms with Crippen molar-refractivity contribution in [1.29, 1.82) is 0 Å². The van der Waals surface area contributed by atoms with Crippen molar-refractivity contribution in [3.8, 4) is 0 Å². The van der Waals surface area contributed by atoms with E-state index in [9.17, 15) is 43.5 Å². The quantitative estimate of drug-likeness (QED) is 0.0146. The van der Waals surface area contributed by atoms with E-state index in [1.807, 2.05) is 0 Å². The van der Waals surface area contributed by atoms with Crippen LogP contribution in [0.3, 0.4) is 0 Å². The number of hydrogen-bond acceptors (Lipinski definition) is 14. The number of unbranched alkanes of at least 4 members (excludes halogenated alkanes) is 28. The first kappa shape index (κ1) is 98.4. The van der Waals surface area contributed by atoms with Gasteiger partial charge >= 0.3 is 33.6 Å². The fourth-order valence-electron chi connectivity index (χ4n) is 10.4. The molecule has 0 bridgehead atoms. The van der Waals surface area contributed by atoms with Crippen molar-refractivity contribution in [2.24, 2.45) is 0 Å². The molecule has 0 aliphatic carbocycles. The average molecular weight is 1480 g/mol. The van der Waals surface area contributed by atoms with Crippen molar-refractivity contribution in [3.63, 3.8) is 0 Å². The number of allylic oxidation sites excluding steroid dienone is 24. The molecule has 16 nitrogen and oxygen atoms in total. The molecule has 0 radical (unpaired) electrons. The highest BCUT2D eigenvalue weighted by molar-refractivity contribution is 7.47. The molecule has 0 aliphatic heterocycles. The summed E-state index contributed by atoms with van der Waals surface area (Å²) >= 11 is 0. The van der Waals surface area contributed by atoms with Crippen LogP contribution in [0.4, 0.5) is 0 Å². The molecule has 4 N–H and O–H groups in total. The molecule has 0 aromatic carbocycles. The van der Waals surface area contributed by atoms with Crippen LogP contribution in [0.15, 0.2) is 146 Å². The van der Waals surface area contributed by atoms with Crippen LogP contribution in [-0.2, 0) is 55.8 Å². The molecule has 0 saturated heterocycles. The summed E-state index contributed by atoms with van der Waals surface area (Å²) in [5.41, 5.74) is 0. The Bertz CT molecular complexity index is 2450. The van der Waals surface area contributed by atoms with Crippen LogP contribution in [0.2, 0.25) is 0 Å². The Morgan fingerprint density at radius 1 is 0.282 bits per heavy atom. The monoisotopic (exact) mass is 1480 g/mol. The lowest BCUT2D eigenvalue weighted by atomic mass is 10.0. The highest BCUT2D eigenvalue weighted by Gasteiger charge is 2.29. The van der Waals surface area contributed by atoms with Gasteiger partial charge in [0.05, 0.1) is 26.4 Å². The lowest BCUT2D eigenvalue weighted by molar-refractivity contribution is -0.161. The largest absolute Gasteiger partial charge is 0.472 e. The molecule has 0 amide bonds. The normalized spacial score (nSPS) is 14.7. The van der Waals surface area contributed by atoms with Crippen LogP contribution in [0.25, 0.3) is 0 Å². The Balaban J connectivity index is 4.49. The van der Waals surface area contributed by atoms with E-state index in [0.717, 1.165) is 180 Å². The molecule has 5 unspecified atom stereocenters. The zero-order valence-electron chi connectivity index (χ0n) is 64.4. The van der Waals surface area contributed by atoms with Crippen molar-refractivity contribution in [2.45, 2.75) is 334 Å². The summed E-state index contributed by atoms with van der Waals surface area (Å²) in [5, 5.41) is 20.6. The Labute approximate surface area is 626 Å².